The zero-order valence-electron chi connectivity index (χ0n) is 12.2. The van der Waals surface area contributed by atoms with E-state index in [4.69, 9.17) is 10.7 Å². The van der Waals surface area contributed by atoms with Crippen molar-refractivity contribution in [3.8, 4) is 0 Å². The van der Waals surface area contributed by atoms with Gasteiger partial charge in [0.25, 0.3) is 0 Å². The molecule has 1 fully saturated rings. The summed E-state index contributed by atoms with van der Waals surface area (Å²) in [7, 11) is 0. The molecular weight excluding hydrogens is 242 g/mol. The van der Waals surface area contributed by atoms with Crippen molar-refractivity contribution in [3.05, 3.63) is 10.6 Å². The number of rotatable bonds is 2. The third-order valence-electron chi connectivity index (χ3n) is 3.53. The second-order valence-corrected chi connectivity index (χ2v) is 8.12. The van der Waals surface area contributed by atoms with Gasteiger partial charge in [-0.25, -0.2) is 4.98 Å². The number of aromatic nitrogens is 1. The van der Waals surface area contributed by atoms with Gasteiger partial charge in [-0.3, -0.25) is 0 Å². The molecule has 0 aromatic carbocycles. The van der Waals surface area contributed by atoms with Crippen LogP contribution in [0.15, 0.2) is 0 Å². The topological polar surface area (TPSA) is 42.2 Å². The van der Waals surface area contributed by atoms with Crippen LogP contribution in [0.4, 0.5) is 5.13 Å². The lowest BCUT2D eigenvalue weighted by Gasteiger charge is -2.19. The monoisotopic (exact) mass is 267 g/mol. The average molecular weight is 267 g/mol. The molecule has 3 nitrogen and oxygen atoms in total. The molecule has 1 aliphatic heterocycles. The van der Waals surface area contributed by atoms with Gasteiger partial charge in [-0.15, -0.1) is 11.3 Å². The number of hydrogen-bond donors (Lipinski definition) is 1. The lowest BCUT2D eigenvalue weighted by Crippen LogP contribution is -2.23. The highest BCUT2D eigenvalue weighted by atomic mass is 32.1. The van der Waals surface area contributed by atoms with E-state index < -0.39 is 0 Å². The normalized spacial score (nSPS) is 19.6. The molecule has 1 saturated heterocycles. The van der Waals surface area contributed by atoms with Crippen molar-refractivity contribution in [1.82, 2.24) is 4.98 Å². The van der Waals surface area contributed by atoms with Gasteiger partial charge in [-0.05, 0) is 11.8 Å². The lowest BCUT2D eigenvalue weighted by atomic mass is 9.91. The second-order valence-electron chi connectivity index (χ2n) is 7.06. The zero-order valence-corrected chi connectivity index (χ0v) is 13.0. The smallest absolute Gasteiger partial charge is 0.185 e. The number of nitrogens with two attached hydrogens (primary N) is 1. The van der Waals surface area contributed by atoms with E-state index in [1.807, 2.05) is 0 Å². The van der Waals surface area contributed by atoms with E-state index in [1.165, 1.54) is 17.0 Å². The SMILES string of the molecule is CC1(C)CCN(c2nc(C(C)(C)C)c(CN)s2)C1. The van der Waals surface area contributed by atoms with Gasteiger partial charge >= 0.3 is 0 Å². The summed E-state index contributed by atoms with van der Waals surface area (Å²) in [5.74, 6) is 0. The van der Waals surface area contributed by atoms with Gasteiger partial charge in [0.05, 0.1) is 5.69 Å². The first kappa shape index (κ1) is 13.8. The number of thiazole rings is 1. The van der Waals surface area contributed by atoms with Crippen LogP contribution in [-0.4, -0.2) is 18.1 Å². The molecule has 0 radical (unpaired) electrons. The molecule has 2 rings (SSSR count). The van der Waals surface area contributed by atoms with Gasteiger partial charge in [-0.2, -0.15) is 0 Å². The fourth-order valence-electron chi connectivity index (χ4n) is 2.47. The van der Waals surface area contributed by atoms with Gasteiger partial charge in [0, 0.05) is 29.9 Å². The van der Waals surface area contributed by atoms with Gasteiger partial charge in [0.1, 0.15) is 0 Å². The molecule has 2 N–H and O–H groups in total. The van der Waals surface area contributed by atoms with Crippen molar-refractivity contribution in [3.63, 3.8) is 0 Å². The van der Waals surface area contributed by atoms with Crippen LogP contribution in [-0.2, 0) is 12.0 Å². The molecule has 1 aromatic heterocycles. The number of hydrogen-bond acceptors (Lipinski definition) is 4. The van der Waals surface area contributed by atoms with Crippen LogP contribution in [0.2, 0.25) is 0 Å². The quantitative estimate of drug-likeness (QED) is 0.895. The Kier molecular flexibility index (Phi) is 3.45. The standard InChI is InChI=1S/C14H25N3S/c1-13(2,3)11-10(8-15)18-12(16-11)17-7-6-14(4,5)9-17/h6-9,15H2,1-5H3. The summed E-state index contributed by atoms with van der Waals surface area (Å²) in [5.41, 5.74) is 7.54. The van der Waals surface area contributed by atoms with Crippen molar-refractivity contribution >= 4 is 16.5 Å². The first-order chi connectivity index (χ1) is 8.23. The molecule has 102 valence electrons. The molecule has 0 bridgehead atoms. The van der Waals surface area contributed by atoms with Crippen molar-refractivity contribution in [1.29, 1.82) is 0 Å². The lowest BCUT2D eigenvalue weighted by molar-refractivity contribution is 0.418. The highest BCUT2D eigenvalue weighted by Gasteiger charge is 2.32. The summed E-state index contributed by atoms with van der Waals surface area (Å²) in [5, 5.41) is 1.16. The molecule has 0 amide bonds. The largest absolute Gasteiger partial charge is 0.348 e. The summed E-state index contributed by atoms with van der Waals surface area (Å²) in [6.45, 7) is 14.1. The van der Waals surface area contributed by atoms with Crippen molar-refractivity contribution < 1.29 is 0 Å². The Balaban J connectivity index is 2.28. The molecule has 0 saturated carbocycles. The number of nitrogens with zero attached hydrogens (tertiary/aromatic N) is 2. The van der Waals surface area contributed by atoms with Crippen LogP contribution >= 0.6 is 11.3 Å². The Bertz CT molecular complexity index is 429. The van der Waals surface area contributed by atoms with Crippen LogP contribution in [0.5, 0.6) is 0 Å². The highest BCUT2D eigenvalue weighted by molar-refractivity contribution is 7.15. The van der Waals surface area contributed by atoms with Crippen LogP contribution in [0.25, 0.3) is 0 Å². The van der Waals surface area contributed by atoms with E-state index in [9.17, 15) is 0 Å². The van der Waals surface area contributed by atoms with Gasteiger partial charge in [0.2, 0.25) is 0 Å². The second kappa shape index (κ2) is 4.49. The molecule has 0 aliphatic carbocycles. The van der Waals surface area contributed by atoms with E-state index in [-0.39, 0.29) is 5.41 Å². The van der Waals surface area contributed by atoms with E-state index in [0.717, 1.165) is 18.2 Å². The molecule has 0 spiro atoms. The minimum atomic E-state index is 0.0820. The minimum Gasteiger partial charge on any atom is -0.348 e. The van der Waals surface area contributed by atoms with Crippen LogP contribution in [0.3, 0.4) is 0 Å². The summed E-state index contributed by atoms with van der Waals surface area (Å²) in [6, 6.07) is 0. The molecule has 2 heterocycles. The van der Waals surface area contributed by atoms with Gasteiger partial charge in [0.15, 0.2) is 5.13 Å². The van der Waals surface area contributed by atoms with Crippen LogP contribution in [0, 0.1) is 5.41 Å². The summed E-state index contributed by atoms with van der Waals surface area (Å²) < 4.78 is 0. The third kappa shape index (κ3) is 2.69. The Morgan fingerprint density at radius 1 is 1.39 bits per heavy atom. The molecule has 1 aliphatic rings. The predicted octanol–water partition coefficient (Wildman–Crippen LogP) is 3.14. The maximum absolute atomic E-state index is 5.86. The molecule has 18 heavy (non-hydrogen) atoms. The van der Waals surface area contributed by atoms with E-state index in [0.29, 0.717) is 12.0 Å². The first-order valence-electron chi connectivity index (χ1n) is 6.68. The fraction of sp³-hybridized carbons (Fsp3) is 0.786. The first-order valence-corrected chi connectivity index (χ1v) is 7.50. The summed E-state index contributed by atoms with van der Waals surface area (Å²) in [6.07, 6.45) is 1.25. The van der Waals surface area contributed by atoms with Crippen molar-refractivity contribution in [2.45, 2.75) is 53.0 Å². The Labute approximate surface area is 114 Å². The fourth-order valence-corrected chi connectivity index (χ4v) is 3.65. The molecule has 0 atom stereocenters. The molecule has 4 heteroatoms. The van der Waals surface area contributed by atoms with Crippen molar-refractivity contribution in [2.75, 3.05) is 18.0 Å². The minimum absolute atomic E-state index is 0.0820. The van der Waals surface area contributed by atoms with Crippen LogP contribution in [0.1, 0.15) is 51.6 Å². The van der Waals surface area contributed by atoms with Crippen LogP contribution < -0.4 is 10.6 Å². The zero-order chi connectivity index (χ0) is 13.6. The predicted molar refractivity (Wildman–Crippen MR) is 79.3 cm³/mol. The van der Waals surface area contributed by atoms with E-state index in [2.05, 4.69) is 39.5 Å². The Morgan fingerprint density at radius 2 is 2.06 bits per heavy atom. The Morgan fingerprint density at radius 3 is 2.44 bits per heavy atom. The van der Waals surface area contributed by atoms with E-state index >= 15 is 0 Å². The molecular formula is C14H25N3S. The molecule has 1 aromatic rings. The average Bonchev–Trinajstić information content (AvgIpc) is 2.79. The van der Waals surface area contributed by atoms with E-state index in [1.54, 1.807) is 11.3 Å². The van der Waals surface area contributed by atoms with Crippen molar-refractivity contribution in [2.24, 2.45) is 11.1 Å². The van der Waals surface area contributed by atoms with Gasteiger partial charge < -0.3 is 10.6 Å². The third-order valence-corrected chi connectivity index (χ3v) is 4.67. The molecule has 0 unspecified atom stereocenters. The maximum atomic E-state index is 5.86. The Hall–Kier alpha value is -0.610. The summed E-state index contributed by atoms with van der Waals surface area (Å²) >= 11 is 1.77. The number of anilines is 1. The maximum Gasteiger partial charge on any atom is 0.185 e. The summed E-state index contributed by atoms with van der Waals surface area (Å²) in [4.78, 5) is 8.52. The highest BCUT2D eigenvalue weighted by Crippen LogP contribution is 2.38. The van der Waals surface area contributed by atoms with Gasteiger partial charge in [-0.1, -0.05) is 34.6 Å².